The molecule has 1 amide bonds. The van der Waals surface area contributed by atoms with Crippen LogP contribution in [0.1, 0.15) is 47.2 Å². The molecular weight excluding hydrogens is 456 g/mol. The Balaban J connectivity index is 1.72. The normalized spacial score (nSPS) is 15.3. The molecule has 1 fully saturated rings. The second-order valence-corrected chi connectivity index (χ2v) is 8.20. The van der Waals surface area contributed by atoms with Gasteiger partial charge in [-0.1, -0.05) is 37.1 Å². The maximum Gasteiger partial charge on any atom is 0.417 e. The third-order valence-electron chi connectivity index (χ3n) is 5.91. The maximum absolute atomic E-state index is 14.8. The summed E-state index contributed by atoms with van der Waals surface area (Å²) in [6.45, 7) is -0.378. The van der Waals surface area contributed by atoms with Crippen LogP contribution in [0.3, 0.4) is 0 Å². The van der Waals surface area contributed by atoms with Gasteiger partial charge in [0, 0.05) is 28.7 Å². The number of aliphatic carboxylic acids is 1. The molecule has 0 saturated heterocycles. The fraction of sp³-hybridized carbons (Fsp3) is 0.292. The minimum atomic E-state index is -4.59. The summed E-state index contributed by atoms with van der Waals surface area (Å²) in [5.74, 6) is -2.81. The Morgan fingerprint density at radius 1 is 1.09 bits per heavy atom. The molecule has 0 aliphatic heterocycles. The fourth-order valence-corrected chi connectivity index (χ4v) is 4.16. The number of ether oxygens (including phenoxy) is 1. The van der Waals surface area contributed by atoms with Crippen LogP contribution >= 0.6 is 0 Å². The van der Waals surface area contributed by atoms with Crippen LogP contribution in [0, 0.1) is 5.82 Å². The lowest BCUT2D eigenvalue weighted by atomic mass is 9.96. The Morgan fingerprint density at radius 3 is 2.41 bits per heavy atom. The third-order valence-corrected chi connectivity index (χ3v) is 5.91. The maximum atomic E-state index is 14.8. The van der Waals surface area contributed by atoms with Crippen molar-refractivity contribution in [3.05, 3.63) is 71.3 Å². The van der Waals surface area contributed by atoms with Gasteiger partial charge in [-0.05, 0) is 25.0 Å². The zero-order valence-electron chi connectivity index (χ0n) is 17.8. The van der Waals surface area contributed by atoms with E-state index in [9.17, 15) is 32.3 Å². The summed E-state index contributed by atoms with van der Waals surface area (Å²) in [4.78, 5) is 28.6. The van der Waals surface area contributed by atoms with Crippen LogP contribution in [0.2, 0.25) is 0 Å². The van der Waals surface area contributed by atoms with E-state index < -0.39 is 35.0 Å². The number of carboxylic acid groups (broad SMARTS) is 1. The SMILES string of the molecule is O=C(NC1(C(=O)O)CCCC1)c1cc(F)c2ccccc2c1OCc1cncc(C(F)(F)F)c1. The van der Waals surface area contributed by atoms with Gasteiger partial charge >= 0.3 is 12.1 Å². The summed E-state index contributed by atoms with van der Waals surface area (Å²) in [7, 11) is 0. The predicted molar refractivity (Wildman–Crippen MR) is 114 cm³/mol. The molecule has 0 spiro atoms. The van der Waals surface area contributed by atoms with Crippen molar-refractivity contribution in [1.29, 1.82) is 0 Å². The van der Waals surface area contributed by atoms with Crippen molar-refractivity contribution >= 4 is 22.6 Å². The van der Waals surface area contributed by atoms with E-state index in [0.717, 1.165) is 12.1 Å². The van der Waals surface area contributed by atoms with E-state index in [1.807, 2.05) is 0 Å². The second-order valence-electron chi connectivity index (χ2n) is 8.20. The molecule has 10 heteroatoms. The molecule has 1 aromatic heterocycles. The molecule has 1 aliphatic carbocycles. The van der Waals surface area contributed by atoms with Gasteiger partial charge in [-0.15, -0.1) is 0 Å². The Bertz CT molecular complexity index is 1250. The number of pyridine rings is 1. The number of nitrogens with zero attached hydrogens (tertiary/aromatic N) is 1. The van der Waals surface area contributed by atoms with Gasteiger partial charge in [0.05, 0.1) is 11.1 Å². The van der Waals surface area contributed by atoms with Crippen LogP contribution in [0.15, 0.2) is 48.8 Å². The van der Waals surface area contributed by atoms with Crippen LogP contribution in [-0.4, -0.2) is 27.5 Å². The summed E-state index contributed by atoms with van der Waals surface area (Å²) in [5, 5.41) is 12.6. The number of amides is 1. The van der Waals surface area contributed by atoms with Gasteiger partial charge in [0.2, 0.25) is 0 Å². The summed E-state index contributed by atoms with van der Waals surface area (Å²) >= 11 is 0. The molecule has 3 aromatic rings. The number of nitrogens with one attached hydrogen (secondary N) is 1. The highest BCUT2D eigenvalue weighted by Gasteiger charge is 2.43. The Morgan fingerprint density at radius 2 is 1.76 bits per heavy atom. The van der Waals surface area contributed by atoms with E-state index in [2.05, 4.69) is 10.3 Å². The number of rotatable bonds is 6. The molecule has 2 aromatic carbocycles. The number of hydrogen-bond donors (Lipinski definition) is 2. The van der Waals surface area contributed by atoms with Crippen molar-refractivity contribution in [2.45, 2.75) is 44.0 Å². The first-order valence-electron chi connectivity index (χ1n) is 10.5. The molecule has 0 bridgehead atoms. The largest absolute Gasteiger partial charge is 0.487 e. The summed E-state index contributed by atoms with van der Waals surface area (Å²) in [6.07, 6.45) is -1.02. The highest BCUT2D eigenvalue weighted by molar-refractivity contribution is 6.05. The number of alkyl halides is 3. The Kier molecular flexibility index (Phi) is 6.16. The third kappa shape index (κ3) is 4.52. The predicted octanol–water partition coefficient (Wildman–Crippen LogP) is 5.10. The summed E-state index contributed by atoms with van der Waals surface area (Å²) in [5.41, 5.74) is -2.59. The van der Waals surface area contributed by atoms with E-state index in [0.29, 0.717) is 19.0 Å². The van der Waals surface area contributed by atoms with Crippen LogP contribution in [0.4, 0.5) is 17.6 Å². The molecule has 0 radical (unpaired) electrons. The van der Waals surface area contributed by atoms with Crippen molar-refractivity contribution in [3.8, 4) is 5.75 Å². The number of fused-ring (bicyclic) bond motifs is 1. The van der Waals surface area contributed by atoms with E-state index in [1.165, 1.54) is 18.3 Å². The number of carboxylic acids is 1. The fourth-order valence-electron chi connectivity index (χ4n) is 4.16. The average molecular weight is 476 g/mol. The summed E-state index contributed by atoms with van der Waals surface area (Å²) < 4.78 is 59.6. The van der Waals surface area contributed by atoms with Crippen LogP contribution in [0.5, 0.6) is 5.75 Å². The number of halogens is 4. The van der Waals surface area contributed by atoms with Gasteiger partial charge in [-0.3, -0.25) is 9.78 Å². The van der Waals surface area contributed by atoms with Gasteiger partial charge in [0.25, 0.3) is 5.91 Å². The first kappa shape index (κ1) is 23.5. The van der Waals surface area contributed by atoms with Crippen LogP contribution in [0.25, 0.3) is 10.8 Å². The summed E-state index contributed by atoms with van der Waals surface area (Å²) in [6, 6.07) is 7.98. The molecule has 4 rings (SSSR count). The van der Waals surface area contributed by atoms with Crippen molar-refractivity contribution in [2.24, 2.45) is 0 Å². The van der Waals surface area contributed by atoms with E-state index in [4.69, 9.17) is 4.74 Å². The lowest BCUT2D eigenvalue weighted by Gasteiger charge is -2.26. The molecule has 1 heterocycles. The molecule has 34 heavy (non-hydrogen) atoms. The highest BCUT2D eigenvalue weighted by atomic mass is 19.4. The molecule has 178 valence electrons. The van der Waals surface area contributed by atoms with E-state index >= 15 is 0 Å². The smallest absolute Gasteiger partial charge is 0.417 e. The molecule has 0 unspecified atom stereocenters. The van der Waals surface area contributed by atoms with Gasteiger partial charge in [-0.2, -0.15) is 13.2 Å². The van der Waals surface area contributed by atoms with Crippen molar-refractivity contribution in [2.75, 3.05) is 0 Å². The standard InChI is InChI=1S/C24H20F4N2O4/c25-19-10-18(21(31)30-23(22(32)33)7-3-4-8-23)20(17-6-2-1-5-16(17)19)34-13-14-9-15(12-29-11-14)24(26,27)28/h1-2,5-6,9-12H,3-4,7-8,13H2,(H,30,31)(H,32,33). The number of aromatic nitrogens is 1. The van der Waals surface area contributed by atoms with Crippen molar-refractivity contribution in [1.82, 2.24) is 10.3 Å². The minimum Gasteiger partial charge on any atom is -0.487 e. The van der Waals surface area contributed by atoms with E-state index in [-0.39, 0.29) is 47.1 Å². The van der Waals surface area contributed by atoms with Gasteiger partial charge in [0.1, 0.15) is 23.7 Å². The minimum absolute atomic E-state index is 0.0644. The van der Waals surface area contributed by atoms with E-state index in [1.54, 1.807) is 12.1 Å². The zero-order valence-corrected chi connectivity index (χ0v) is 17.8. The highest BCUT2D eigenvalue weighted by Crippen LogP contribution is 2.35. The Hall–Kier alpha value is -3.69. The molecule has 1 aliphatic rings. The topological polar surface area (TPSA) is 88.5 Å². The number of carbonyl (C=O) groups is 2. The zero-order chi connectivity index (χ0) is 24.5. The van der Waals surface area contributed by atoms with Gasteiger partial charge in [0.15, 0.2) is 0 Å². The second kappa shape index (κ2) is 8.92. The number of benzene rings is 2. The van der Waals surface area contributed by atoms with Crippen LogP contribution in [-0.2, 0) is 17.6 Å². The first-order chi connectivity index (χ1) is 16.1. The first-order valence-corrected chi connectivity index (χ1v) is 10.5. The van der Waals surface area contributed by atoms with Crippen LogP contribution < -0.4 is 10.1 Å². The number of hydrogen-bond acceptors (Lipinski definition) is 4. The Labute approximate surface area is 191 Å². The molecular formula is C24H20F4N2O4. The molecule has 2 N–H and O–H groups in total. The monoisotopic (exact) mass is 476 g/mol. The number of carbonyl (C=O) groups excluding carboxylic acids is 1. The lowest BCUT2D eigenvalue weighted by Crippen LogP contribution is -2.52. The molecule has 6 nitrogen and oxygen atoms in total. The quantitative estimate of drug-likeness (QED) is 0.484. The van der Waals surface area contributed by atoms with Gasteiger partial charge in [-0.25, -0.2) is 9.18 Å². The lowest BCUT2D eigenvalue weighted by molar-refractivity contribution is -0.144. The molecule has 0 atom stereocenters. The molecule has 1 saturated carbocycles. The van der Waals surface area contributed by atoms with Crippen molar-refractivity contribution in [3.63, 3.8) is 0 Å². The van der Waals surface area contributed by atoms with Gasteiger partial charge < -0.3 is 15.2 Å². The average Bonchev–Trinajstić information content (AvgIpc) is 3.28. The van der Waals surface area contributed by atoms with Crippen molar-refractivity contribution < 1.29 is 37.0 Å².